The number of benzene rings is 2. The lowest BCUT2D eigenvalue weighted by molar-refractivity contribution is -0.142. The Balaban J connectivity index is 2.28. The van der Waals surface area contributed by atoms with Crippen molar-refractivity contribution in [2.75, 3.05) is 0 Å². The van der Waals surface area contributed by atoms with E-state index >= 15 is 0 Å². The SMILES string of the molecule is CC(C)C(N)C(=O)NC(CC(N)=O)C(=O)NC(Cc1ccc(O)cc1)C(=O)NC(Cc1ccccc1)C(=O)O. The van der Waals surface area contributed by atoms with Gasteiger partial charge in [-0.3, -0.25) is 19.2 Å². The highest BCUT2D eigenvalue weighted by Gasteiger charge is 2.31. The van der Waals surface area contributed by atoms with Gasteiger partial charge in [0.05, 0.1) is 12.5 Å². The molecule has 12 nitrogen and oxygen atoms in total. The number of carbonyl (C=O) groups excluding carboxylic acids is 4. The van der Waals surface area contributed by atoms with Crippen LogP contribution < -0.4 is 27.4 Å². The molecule has 2 aromatic carbocycles. The molecule has 0 aliphatic heterocycles. The quantitative estimate of drug-likeness (QED) is 0.166. The summed E-state index contributed by atoms with van der Waals surface area (Å²) in [5.74, 6) is -4.78. The van der Waals surface area contributed by atoms with Crippen molar-refractivity contribution in [3.8, 4) is 5.75 Å². The van der Waals surface area contributed by atoms with Crippen molar-refractivity contribution < 1.29 is 34.2 Å². The Morgan fingerprint density at radius 2 is 1.23 bits per heavy atom. The Bertz CT molecular complexity index is 1150. The van der Waals surface area contributed by atoms with Crippen LogP contribution in [0.3, 0.4) is 0 Å². The van der Waals surface area contributed by atoms with E-state index in [1.807, 2.05) is 0 Å². The maximum Gasteiger partial charge on any atom is 0.326 e. The van der Waals surface area contributed by atoms with E-state index in [0.29, 0.717) is 11.1 Å². The first-order valence-corrected chi connectivity index (χ1v) is 12.4. The number of aromatic hydroxyl groups is 1. The first-order valence-electron chi connectivity index (χ1n) is 12.4. The van der Waals surface area contributed by atoms with Gasteiger partial charge in [0.1, 0.15) is 23.9 Å². The molecule has 0 aliphatic carbocycles. The minimum absolute atomic E-state index is 0.00472. The van der Waals surface area contributed by atoms with Crippen LogP contribution in [-0.2, 0) is 36.8 Å². The van der Waals surface area contributed by atoms with Gasteiger partial charge in [-0.2, -0.15) is 0 Å². The second-order valence-electron chi connectivity index (χ2n) is 9.52. The lowest BCUT2D eigenvalue weighted by atomic mass is 10.0. The number of carbonyl (C=O) groups is 5. The average Bonchev–Trinajstić information content (AvgIpc) is 2.88. The fraction of sp³-hybridized carbons (Fsp3) is 0.370. The number of rotatable bonds is 14. The van der Waals surface area contributed by atoms with Gasteiger partial charge in [-0.25, -0.2) is 4.79 Å². The van der Waals surface area contributed by atoms with Gasteiger partial charge in [0.15, 0.2) is 0 Å². The molecule has 4 unspecified atom stereocenters. The molecule has 0 saturated heterocycles. The highest BCUT2D eigenvalue weighted by Crippen LogP contribution is 2.12. The van der Waals surface area contributed by atoms with E-state index in [1.165, 1.54) is 24.3 Å². The van der Waals surface area contributed by atoms with Gasteiger partial charge in [0.2, 0.25) is 23.6 Å². The molecule has 0 fully saturated rings. The zero-order valence-electron chi connectivity index (χ0n) is 21.8. The van der Waals surface area contributed by atoms with Crippen LogP contribution in [0, 0.1) is 5.92 Å². The minimum atomic E-state index is -1.42. The summed E-state index contributed by atoms with van der Waals surface area (Å²) in [5, 5.41) is 26.6. The van der Waals surface area contributed by atoms with Crippen LogP contribution in [0.2, 0.25) is 0 Å². The summed E-state index contributed by atoms with van der Waals surface area (Å²) >= 11 is 0. The highest BCUT2D eigenvalue weighted by atomic mass is 16.4. The molecule has 0 aromatic heterocycles. The van der Waals surface area contributed by atoms with E-state index in [0.717, 1.165) is 0 Å². The Kier molecular flexibility index (Phi) is 11.4. The summed E-state index contributed by atoms with van der Waals surface area (Å²) in [6.45, 7) is 3.42. The first kappa shape index (κ1) is 30.8. The van der Waals surface area contributed by atoms with Crippen molar-refractivity contribution in [3.63, 3.8) is 0 Å². The normalized spacial score (nSPS) is 13.9. The number of nitrogens with one attached hydrogen (secondary N) is 3. The Morgan fingerprint density at radius 1 is 0.744 bits per heavy atom. The summed E-state index contributed by atoms with van der Waals surface area (Å²) in [4.78, 5) is 62.5. The number of phenols is 1. The molecule has 12 heteroatoms. The topological polar surface area (TPSA) is 214 Å². The number of carboxylic acids is 1. The van der Waals surface area contributed by atoms with Crippen LogP contribution in [-0.4, -0.2) is 64.0 Å². The monoisotopic (exact) mass is 541 g/mol. The van der Waals surface area contributed by atoms with Crippen LogP contribution in [0.1, 0.15) is 31.4 Å². The number of hydrogen-bond donors (Lipinski definition) is 7. The van der Waals surface area contributed by atoms with E-state index in [1.54, 1.807) is 44.2 Å². The predicted molar refractivity (Wildman–Crippen MR) is 142 cm³/mol. The van der Waals surface area contributed by atoms with Crippen molar-refractivity contribution in [3.05, 3.63) is 65.7 Å². The second-order valence-corrected chi connectivity index (χ2v) is 9.52. The van der Waals surface area contributed by atoms with Crippen LogP contribution in [0.15, 0.2) is 54.6 Å². The molecule has 0 heterocycles. The Labute approximate surface area is 226 Å². The standard InChI is InChI=1S/C27H35N5O7/c1-15(2)23(29)26(37)31-20(14-22(28)34)25(36)30-19(12-17-8-10-18(33)11-9-17)24(35)32-21(27(38)39)13-16-6-4-3-5-7-16/h3-11,15,19-21,23,33H,12-14,29H2,1-2H3,(H2,28,34)(H,30,36)(H,31,37)(H,32,35)(H,38,39). The molecular weight excluding hydrogens is 506 g/mol. The Hall–Kier alpha value is -4.45. The Morgan fingerprint density at radius 3 is 1.77 bits per heavy atom. The summed E-state index contributed by atoms with van der Waals surface area (Å²) in [6, 6.07) is 9.56. The minimum Gasteiger partial charge on any atom is -0.508 e. The summed E-state index contributed by atoms with van der Waals surface area (Å²) in [7, 11) is 0. The molecule has 0 bridgehead atoms. The fourth-order valence-corrected chi connectivity index (χ4v) is 3.65. The molecular formula is C27H35N5O7. The van der Waals surface area contributed by atoms with Crippen LogP contribution in [0.4, 0.5) is 0 Å². The molecule has 39 heavy (non-hydrogen) atoms. The largest absolute Gasteiger partial charge is 0.508 e. The van der Waals surface area contributed by atoms with E-state index in [4.69, 9.17) is 11.5 Å². The highest BCUT2D eigenvalue weighted by molar-refractivity contribution is 5.96. The summed E-state index contributed by atoms with van der Waals surface area (Å²) in [5.41, 5.74) is 12.3. The van der Waals surface area contributed by atoms with Crippen LogP contribution in [0.5, 0.6) is 5.75 Å². The number of amides is 4. The summed E-state index contributed by atoms with van der Waals surface area (Å²) in [6.07, 6.45) is -0.644. The van der Waals surface area contributed by atoms with Gasteiger partial charge >= 0.3 is 5.97 Å². The van der Waals surface area contributed by atoms with E-state index in [9.17, 15) is 34.2 Å². The number of nitrogens with two attached hydrogens (primary N) is 2. The predicted octanol–water partition coefficient (Wildman–Crippen LogP) is -0.425. The first-order chi connectivity index (χ1) is 18.4. The third-order valence-corrected chi connectivity index (χ3v) is 5.97. The van der Waals surface area contributed by atoms with Crippen molar-refractivity contribution in [2.24, 2.45) is 17.4 Å². The smallest absolute Gasteiger partial charge is 0.326 e. The molecule has 0 radical (unpaired) electrons. The molecule has 210 valence electrons. The third-order valence-electron chi connectivity index (χ3n) is 5.97. The van der Waals surface area contributed by atoms with Crippen molar-refractivity contribution in [1.82, 2.24) is 16.0 Å². The third kappa shape index (κ3) is 10.1. The number of hydrogen-bond acceptors (Lipinski definition) is 7. The molecule has 2 rings (SSSR count). The molecule has 0 aliphatic rings. The van der Waals surface area contributed by atoms with Crippen molar-refractivity contribution in [1.29, 1.82) is 0 Å². The number of primary amides is 1. The van der Waals surface area contributed by atoms with Gasteiger partial charge in [0, 0.05) is 12.8 Å². The van der Waals surface area contributed by atoms with Crippen LogP contribution >= 0.6 is 0 Å². The van der Waals surface area contributed by atoms with Crippen molar-refractivity contribution >= 4 is 29.6 Å². The average molecular weight is 542 g/mol. The van der Waals surface area contributed by atoms with Gasteiger partial charge in [0.25, 0.3) is 0 Å². The fourth-order valence-electron chi connectivity index (χ4n) is 3.65. The number of aliphatic carboxylic acids is 1. The van der Waals surface area contributed by atoms with Crippen molar-refractivity contribution in [2.45, 2.75) is 57.3 Å². The maximum atomic E-state index is 13.3. The lowest BCUT2D eigenvalue weighted by Crippen LogP contribution is -2.58. The van der Waals surface area contributed by atoms with E-state index in [-0.39, 0.29) is 24.5 Å². The molecule has 0 saturated carbocycles. The zero-order chi connectivity index (χ0) is 29.1. The van der Waals surface area contributed by atoms with Crippen LogP contribution in [0.25, 0.3) is 0 Å². The molecule has 4 atom stereocenters. The zero-order valence-corrected chi connectivity index (χ0v) is 21.8. The van der Waals surface area contributed by atoms with E-state index < -0.39 is 60.2 Å². The van der Waals surface area contributed by atoms with Gasteiger partial charge in [-0.1, -0.05) is 56.3 Å². The van der Waals surface area contributed by atoms with Gasteiger partial charge in [-0.15, -0.1) is 0 Å². The molecule has 9 N–H and O–H groups in total. The molecule has 4 amide bonds. The second kappa shape index (κ2) is 14.5. The summed E-state index contributed by atoms with van der Waals surface area (Å²) < 4.78 is 0. The molecule has 2 aromatic rings. The lowest BCUT2D eigenvalue weighted by Gasteiger charge is -2.25. The molecule has 0 spiro atoms. The van der Waals surface area contributed by atoms with Gasteiger partial charge in [-0.05, 0) is 29.2 Å². The van der Waals surface area contributed by atoms with E-state index in [2.05, 4.69) is 16.0 Å². The maximum absolute atomic E-state index is 13.3. The number of phenolic OH excluding ortho intramolecular Hbond substituents is 1. The number of carboxylic acid groups (broad SMARTS) is 1. The van der Waals surface area contributed by atoms with Gasteiger partial charge < -0.3 is 37.6 Å².